The third-order valence-electron chi connectivity index (χ3n) is 3.60. The van der Waals surface area contributed by atoms with Crippen LogP contribution in [0.4, 0.5) is 0 Å². The van der Waals surface area contributed by atoms with Gasteiger partial charge in [-0.25, -0.2) is 0 Å². The van der Waals surface area contributed by atoms with Gasteiger partial charge in [-0.05, 0) is 0 Å². The average Bonchev–Trinajstić information content (AvgIpc) is 2.15. The summed E-state index contributed by atoms with van der Waals surface area (Å²) in [6.45, 7) is 6.98. The molecule has 0 saturated heterocycles. The molecule has 0 radical (unpaired) electrons. The van der Waals surface area contributed by atoms with Gasteiger partial charge in [0.25, 0.3) is 0 Å². The summed E-state index contributed by atoms with van der Waals surface area (Å²) in [6.07, 6.45) is 13.1. The summed E-state index contributed by atoms with van der Waals surface area (Å²) in [5, 5.41) is 0. The van der Waals surface area contributed by atoms with Gasteiger partial charge in [0.2, 0.25) is 0 Å². The van der Waals surface area contributed by atoms with Gasteiger partial charge in [0.05, 0.1) is 0 Å². The predicted molar refractivity (Wildman–Crippen MR) is 64.6 cm³/mol. The Labute approximate surface area is 98.1 Å². The van der Waals surface area contributed by atoms with Crippen molar-refractivity contribution in [2.45, 2.75) is 44.1 Å². The van der Waals surface area contributed by atoms with Crippen molar-refractivity contribution in [3.63, 3.8) is 0 Å². The molecule has 0 saturated carbocycles. The second-order valence-electron chi connectivity index (χ2n) is 5.26. The molecule has 3 atom stereocenters. The minimum absolute atomic E-state index is 0.363. The first-order chi connectivity index (χ1) is 6.56. The van der Waals surface area contributed by atoms with Crippen molar-refractivity contribution in [3.05, 3.63) is 24.3 Å². The van der Waals surface area contributed by atoms with Gasteiger partial charge < -0.3 is 0 Å². The van der Waals surface area contributed by atoms with Crippen LogP contribution in [0.2, 0.25) is 4.09 Å². The molecule has 1 aliphatic carbocycles. The Morgan fingerprint density at radius 1 is 1.43 bits per heavy atom. The molecule has 0 heterocycles. The van der Waals surface area contributed by atoms with E-state index in [0.717, 1.165) is 11.8 Å². The summed E-state index contributed by atoms with van der Waals surface area (Å²) in [7, 11) is 0. The fraction of sp³-hybridized carbons (Fsp3) is 0.692. The third-order valence-corrected chi connectivity index (χ3v) is 3.60. The molecule has 0 nitrogen and oxygen atoms in total. The SMILES string of the molecule is [Li][C]1(C)C=CC=CC1CCC(C)CC. The fourth-order valence-electron chi connectivity index (χ4n) is 2.01. The van der Waals surface area contributed by atoms with Crippen molar-refractivity contribution in [3.8, 4) is 0 Å². The number of allylic oxidation sites excluding steroid dienone is 4. The molecule has 0 fully saturated rings. The van der Waals surface area contributed by atoms with Crippen LogP contribution < -0.4 is 0 Å². The zero-order chi connectivity index (χ0) is 10.6. The molecule has 74 valence electrons. The van der Waals surface area contributed by atoms with Gasteiger partial charge in [-0.2, -0.15) is 0 Å². The van der Waals surface area contributed by atoms with E-state index in [-0.39, 0.29) is 0 Å². The molecule has 1 heteroatoms. The standard InChI is InChI=1S/C13H21.Li/c1-4-11(2)9-10-13-8-6-5-7-12(13)3;/h5-8,11,13H,4,9-10H2,1-3H3;. The van der Waals surface area contributed by atoms with Crippen molar-refractivity contribution < 1.29 is 0 Å². The number of hydrogen-bond donors (Lipinski definition) is 0. The normalized spacial score (nSPS) is 33.4. The Morgan fingerprint density at radius 3 is 2.71 bits per heavy atom. The van der Waals surface area contributed by atoms with Crippen molar-refractivity contribution >= 4 is 17.7 Å². The Hall–Kier alpha value is 0.0774. The van der Waals surface area contributed by atoms with Crippen molar-refractivity contribution in [1.29, 1.82) is 0 Å². The van der Waals surface area contributed by atoms with Gasteiger partial charge in [-0.15, -0.1) is 0 Å². The summed E-state index contributed by atoms with van der Waals surface area (Å²) in [5.74, 6) is 1.62. The van der Waals surface area contributed by atoms with Crippen molar-refractivity contribution in [2.24, 2.45) is 11.8 Å². The molecule has 0 amide bonds. The molecule has 14 heavy (non-hydrogen) atoms. The van der Waals surface area contributed by atoms with E-state index >= 15 is 0 Å². The van der Waals surface area contributed by atoms with E-state index < -0.39 is 0 Å². The van der Waals surface area contributed by atoms with E-state index in [9.17, 15) is 0 Å². The van der Waals surface area contributed by atoms with E-state index in [1.807, 2.05) is 0 Å². The topological polar surface area (TPSA) is 0 Å². The van der Waals surface area contributed by atoms with Crippen LogP contribution in [0.15, 0.2) is 24.3 Å². The number of hydrogen-bond acceptors (Lipinski definition) is 0. The van der Waals surface area contributed by atoms with Gasteiger partial charge in [0.1, 0.15) is 0 Å². The summed E-state index contributed by atoms with van der Waals surface area (Å²) in [6, 6.07) is 0. The second kappa shape index (κ2) is 5.24. The average molecular weight is 184 g/mol. The summed E-state index contributed by atoms with van der Waals surface area (Å²) in [4.78, 5) is 0. The molecule has 0 aromatic carbocycles. The van der Waals surface area contributed by atoms with Crippen LogP contribution in [0, 0.1) is 11.8 Å². The fourth-order valence-corrected chi connectivity index (χ4v) is 2.01. The Morgan fingerprint density at radius 2 is 2.14 bits per heavy atom. The summed E-state index contributed by atoms with van der Waals surface area (Å²) >= 11 is 2.34. The monoisotopic (exact) mass is 184 g/mol. The van der Waals surface area contributed by atoms with Crippen molar-refractivity contribution in [2.75, 3.05) is 0 Å². The van der Waals surface area contributed by atoms with Gasteiger partial charge in [-0.1, -0.05) is 0 Å². The first-order valence-corrected chi connectivity index (χ1v) is 5.92. The van der Waals surface area contributed by atoms with Crippen molar-refractivity contribution in [1.82, 2.24) is 0 Å². The molecule has 0 aliphatic heterocycles. The molecule has 3 unspecified atom stereocenters. The maximum atomic E-state index is 2.38. The van der Waals surface area contributed by atoms with Crippen LogP contribution in [0.1, 0.15) is 40.0 Å². The molecule has 1 aliphatic rings. The second-order valence-corrected chi connectivity index (χ2v) is 5.26. The molecular weight excluding hydrogens is 163 g/mol. The van der Waals surface area contributed by atoms with E-state index in [1.54, 1.807) is 0 Å². The zero-order valence-corrected chi connectivity index (χ0v) is 10.1. The van der Waals surface area contributed by atoms with Crippen LogP contribution in [0.25, 0.3) is 0 Å². The molecule has 1 rings (SSSR count). The first-order valence-electron chi connectivity index (χ1n) is 5.92. The van der Waals surface area contributed by atoms with Gasteiger partial charge in [-0.3, -0.25) is 0 Å². The minimum atomic E-state index is 0.363. The van der Waals surface area contributed by atoms with E-state index in [4.69, 9.17) is 0 Å². The van der Waals surface area contributed by atoms with Gasteiger partial charge >= 0.3 is 98.0 Å². The predicted octanol–water partition coefficient (Wildman–Crippen LogP) is 3.90. The van der Waals surface area contributed by atoms with Crippen LogP contribution >= 0.6 is 0 Å². The molecular formula is C13H21Li. The van der Waals surface area contributed by atoms with Crippen LogP contribution in [0.3, 0.4) is 0 Å². The van der Waals surface area contributed by atoms with Crippen LogP contribution in [0.5, 0.6) is 0 Å². The summed E-state index contributed by atoms with van der Waals surface area (Å²) in [5.41, 5.74) is 0. The maximum absolute atomic E-state index is 2.38. The molecule has 0 spiro atoms. The first kappa shape index (κ1) is 12.1. The van der Waals surface area contributed by atoms with Crippen LogP contribution in [-0.4, -0.2) is 17.7 Å². The van der Waals surface area contributed by atoms with E-state index in [0.29, 0.717) is 4.09 Å². The number of rotatable bonds is 4. The Balaban J connectivity index is 2.44. The molecule has 0 N–H and O–H groups in total. The zero-order valence-electron chi connectivity index (χ0n) is 10.1. The van der Waals surface area contributed by atoms with Gasteiger partial charge in [0.15, 0.2) is 0 Å². The van der Waals surface area contributed by atoms with E-state index in [2.05, 4.69) is 62.8 Å². The Kier molecular flexibility index (Phi) is 4.55. The molecule has 0 bridgehead atoms. The quantitative estimate of drug-likeness (QED) is 0.581. The summed E-state index contributed by atoms with van der Waals surface area (Å²) < 4.78 is 0.363. The molecule has 0 aromatic rings. The van der Waals surface area contributed by atoms with Crippen LogP contribution in [-0.2, 0) is 0 Å². The third kappa shape index (κ3) is 3.34. The Bertz CT molecular complexity index is 225. The van der Waals surface area contributed by atoms with E-state index in [1.165, 1.54) is 19.3 Å². The molecule has 0 aromatic heterocycles. The van der Waals surface area contributed by atoms with Gasteiger partial charge in [0, 0.05) is 0 Å².